The molecule has 1 aromatic heterocycles. The summed E-state index contributed by atoms with van der Waals surface area (Å²) in [6.45, 7) is 0.555. The third-order valence-corrected chi connectivity index (χ3v) is 5.48. The lowest BCUT2D eigenvalue weighted by Crippen LogP contribution is -2.05. The van der Waals surface area contributed by atoms with E-state index in [-0.39, 0.29) is 0 Å². The fourth-order valence-corrected chi connectivity index (χ4v) is 4.00. The molecular formula is C22H17F3N2S. The highest BCUT2D eigenvalue weighted by molar-refractivity contribution is 7.98. The van der Waals surface area contributed by atoms with E-state index in [0.29, 0.717) is 28.5 Å². The Kier molecular flexibility index (Phi) is 5.13. The molecule has 6 heteroatoms. The Morgan fingerprint density at radius 2 is 1.46 bits per heavy atom. The van der Waals surface area contributed by atoms with Gasteiger partial charge in [-0.3, -0.25) is 0 Å². The summed E-state index contributed by atoms with van der Waals surface area (Å²) < 4.78 is 41.3. The van der Waals surface area contributed by atoms with Crippen LogP contribution in [0.1, 0.15) is 16.7 Å². The largest absolute Gasteiger partial charge is 0.416 e. The minimum atomic E-state index is -4.38. The number of thioether (sulfide) groups is 1. The summed E-state index contributed by atoms with van der Waals surface area (Å²) in [5.41, 5.74) is 2.60. The molecule has 0 aliphatic carbocycles. The number of fused-ring (bicyclic) bond motifs is 1. The topological polar surface area (TPSA) is 17.8 Å². The molecule has 4 rings (SSSR count). The van der Waals surface area contributed by atoms with Crippen LogP contribution in [0, 0.1) is 0 Å². The summed E-state index contributed by atoms with van der Waals surface area (Å²) in [5.74, 6) is 0.699. The smallest absolute Gasteiger partial charge is 0.314 e. The highest BCUT2D eigenvalue weighted by atomic mass is 32.2. The Balaban J connectivity index is 1.73. The molecule has 4 aromatic rings. The molecular weight excluding hydrogens is 381 g/mol. The van der Waals surface area contributed by atoms with Crippen molar-refractivity contribution in [1.29, 1.82) is 0 Å². The number of imidazole rings is 1. The van der Waals surface area contributed by atoms with Crippen LogP contribution in [0.4, 0.5) is 13.2 Å². The summed E-state index contributed by atoms with van der Waals surface area (Å²) in [6.07, 6.45) is -4.38. The predicted molar refractivity (Wildman–Crippen MR) is 106 cm³/mol. The average molecular weight is 398 g/mol. The van der Waals surface area contributed by atoms with E-state index in [4.69, 9.17) is 0 Å². The number of hydrogen-bond acceptors (Lipinski definition) is 2. The average Bonchev–Trinajstić information content (AvgIpc) is 3.04. The zero-order chi connectivity index (χ0) is 19.6. The van der Waals surface area contributed by atoms with Gasteiger partial charge < -0.3 is 4.57 Å². The van der Waals surface area contributed by atoms with Crippen molar-refractivity contribution < 1.29 is 13.2 Å². The number of hydrogen-bond donors (Lipinski definition) is 0. The van der Waals surface area contributed by atoms with Crippen molar-refractivity contribution in [3.63, 3.8) is 0 Å². The van der Waals surface area contributed by atoms with Crippen molar-refractivity contribution in [3.05, 3.63) is 95.6 Å². The lowest BCUT2D eigenvalue weighted by Gasteiger charge is -2.10. The predicted octanol–water partition coefficient (Wildman–Crippen LogP) is 6.40. The van der Waals surface area contributed by atoms with Crippen molar-refractivity contribution in [2.45, 2.75) is 23.6 Å². The molecule has 142 valence electrons. The molecule has 2 nitrogen and oxygen atoms in total. The van der Waals surface area contributed by atoms with E-state index < -0.39 is 11.7 Å². The summed E-state index contributed by atoms with van der Waals surface area (Å²) in [5, 5.41) is 0.710. The van der Waals surface area contributed by atoms with Gasteiger partial charge in [0.25, 0.3) is 0 Å². The number of nitrogens with zero attached hydrogens (tertiary/aromatic N) is 2. The van der Waals surface area contributed by atoms with Crippen LogP contribution >= 0.6 is 11.8 Å². The molecule has 0 N–H and O–H groups in total. The van der Waals surface area contributed by atoms with Crippen molar-refractivity contribution in [2.24, 2.45) is 0 Å². The van der Waals surface area contributed by atoms with Crippen LogP contribution in [0.2, 0.25) is 0 Å². The lowest BCUT2D eigenvalue weighted by molar-refractivity contribution is -0.137. The van der Waals surface area contributed by atoms with Crippen LogP contribution in [0.3, 0.4) is 0 Å². The Labute approximate surface area is 165 Å². The van der Waals surface area contributed by atoms with Crippen molar-refractivity contribution >= 4 is 22.8 Å². The highest BCUT2D eigenvalue weighted by Gasteiger charge is 2.31. The summed E-state index contributed by atoms with van der Waals surface area (Å²) in [6, 6.07) is 23.6. The first-order valence-electron chi connectivity index (χ1n) is 8.79. The zero-order valence-corrected chi connectivity index (χ0v) is 15.7. The van der Waals surface area contributed by atoms with Crippen LogP contribution in [0.15, 0.2) is 84.0 Å². The Bertz CT molecular complexity index is 1070. The van der Waals surface area contributed by atoms with Gasteiger partial charge in [-0.15, -0.1) is 0 Å². The molecule has 0 aliphatic heterocycles. The maximum absolute atomic E-state index is 13.1. The van der Waals surface area contributed by atoms with E-state index in [0.717, 1.165) is 23.3 Å². The van der Waals surface area contributed by atoms with Gasteiger partial charge in [0.2, 0.25) is 0 Å². The van der Waals surface area contributed by atoms with Crippen LogP contribution in [0.25, 0.3) is 11.0 Å². The fraction of sp³-hybridized carbons (Fsp3) is 0.136. The Morgan fingerprint density at radius 1 is 0.821 bits per heavy atom. The quantitative estimate of drug-likeness (QED) is 0.362. The number of rotatable bonds is 5. The van der Waals surface area contributed by atoms with Gasteiger partial charge in [-0.05, 0) is 29.3 Å². The molecule has 0 amide bonds. The number of halogens is 3. The third-order valence-electron chi connectivity index (χ3n) is 4.43. The highest BCUT2D eigenvalue weighted by Crippen LogP contribution is 2.33. The Hall–Kier alpha value is -2.73. The van der Waals surface area contributed by atoms with Crippen molar-refractivity contribution in [2.75, 3.05) is 0 Å². The van der Waals surface area contributed by atoms with E-state index in [2.05, 4.69) is 4.98 Å². The molecule has 0 radical (unpaired) electrons. The maximum Gasteiger partial charge on any atom is 0.416 e. The van der Waals surface area contributed by atoms with E-state index in [1.165, 1.54) is 17.8 Å². The van der Waals surface area contributed by atoms with Crippen LogP contribution in [-0.4, -0.2) is 9.55 Å². The summed E-state index contributed by atoms with van der Waals surface area (Å²) in [4.78, 5) is 4.52. The van der Waals surface area contributed by atoms with Gasteiger partial charge in [0.15, 0.2) is 5.16 Å². The summed E-state index contributed by atoms with van der Waals surface area (Å²) >= 11 is 1.53. The van der Waals surface area contributed by atoms with E-state index in [9.17, 15) is 13.2 Å². The number of aromatic nitrogens is 2. The SMILES string of the molecule is FC(F)(F)c1ccc2c(c1)nc(SCc1ccccc1)n2Cc1ccccc1. The van der Waals surface area contributed by atoms with Crippen molar-refractivity contribution in [3.8, 4) is 0 Å². The van der Waals surface area contributed by atoms with E-state index >= 15 is 0 Å². The monoisotopic (exact) mass is 398 g/mol. The number of alkyl halides is 3. The fourth-order valence-electron chi connectivity index (χ4n) is 3.04. The molecule has 1 heterocycles. The zero-order valence-electron chi connectivity index (χ0n) is 14.9. The number of benzene rings is 3. The second-order valence-electron chi connectivity index (χ2n) is 6.44. The standard InChI is InChI=1S/C22H17F3N2S/c23-22(24,25)18-11-12-20-19(13-18)26-21(28-15-17-9-5-2-6-10-17)27(20)14-16-7-3-1-4-8-16/h1-13H,14-15H2. The molecule has 0 saturated carbocycles. The minimum absolute atomic E-state index is 0.362. The van der Waals surface area contributed by atoms with Gasteiger partial charge in [0, 0.05) is 5.75 Å². The molecule has 0 fully saturated rings. The van der Waals surface area contributed by atoms with Crippen LogP contribution in [-0.2, 0) is 18.5 Å². The molecule has 0 spiro atoms. The summed E-state index contributed by atoms with van der Waals surface area (Å²) in [7, 11) is 0. The second kappa shape index (κ2) is 7.72. The van der Waals surface area contributed by atoms with Crippen LogP contribution in [0.5, 0.6) is 0 Å². The normalized spacial score (nSPS) is 11.8. The minimum Gasteiger partial charge on any atom is -0.314 e. The molecule has 0 aliphatic rings. The molecule has 0 saturated heterocycles. The second-order valence-corrected chi connectivity index (χ2v) is 7.38. The van der Waals surface area contributed by atoms with E-state index in [1.54, 1.807) is 0 Å². The van der Waals surface area contributed by atoms with Gasteiger partial charge in [0.05, 0.1) is 23.1 Å². The molecule has 0 unspecified atom stereocenters. The Morgan fingerprint density at radius 3 is 2.11 bits per heavy atom. The molecule has 28 heavy (non-hydrogen) atoms. The van der Waals surface area contributed by atoms with E-state index in [1.807, 2.05) is 65.2 Å². The first-order valence-corrected chi connectivity index (χ1v) is 9.77. The molecule has 3 aromatic carbocycles. The molecule has 0 bridgehead atoms. The van der Waals surface area contributed by atoms with Crippen molar-refractivity contribution in [1.82, 2.24) is 9.55 Å². The first-order chi connectivity index (χ1) is 13.5. The van der Waals surface area contributed by atoms with Gasteiger partial charge in [0.1, 0.15) is 0 Å². The lowest BCUT2D eigenvalue weighted by atomic mass is 10.2. The van der Waals surface area contributed by atoms with Gasteiger partial charge in [-0.25, -0.2) is 4.98 Å². The first kappa shape index (κ1) is 18.6. The van der Waals surface area contributed by atoms with Crippen LogP contribution < -0.4 is 0 Å². The van der Waals surface area contributed by atoms with Gasteiger partial charge in [-0.1, -0.05) is 72.4 Å². The maximum atomic E-state index is 13.1. The van der Waals surface area contributed by atoms with Gasteiger partial charge >= 0.3 is 6.18 Å². The third kappa shape index (κ3) is 4.07. The van der Waals surface area contributed by atoms with Gasteiger partial charge in [-0.2, -0.15) is 13.2 Å². The molecule has 0 atom stereocenters.